The minimum Gasteiger partial charge on any atom is -0.380 e. The van der Waals surface area contributed by atoms with E-state index in [-0.39, 0.29) is 12.3 Å². The summed E-state index contributed by atoms with van der Waals surface area (Å²) in [6.45, 7) is 0.969. The summed E-state index contributed by atoms with van der Waals surface area (Å²) >= 11 is 3.59. The van der Waals surface area contributed by atoms with Gasteiger partial charge >= 0.3 is 0 Å². The van der Waals surface area contributed by atoms with Crippen molar-refractivity contribution in [3.63, 3.8) is 0 Å². The molecule has 0 N–H and O–H groups in total. The van der Waals surface area contributed by atoms with Crippen LogP contribution in [0, 0.1) is 0 Å². The highest BCUT2D eigenvalue weighted by Crippen LogP contribution is 2.23. The van der Waals surface area contributed by atoms with Crippen LogP contribution in [0.25, 0.3) is 0 Å². The molecule has 4 heteroatoms. The van der Waals surface area contributed by atoms with Gasteiger partial charge < -0.3 is 9.47 Å². The Balaban J connectivity index is 2.50. The van der Waals surface area contributed by atoms with Crippen LogP contribution in [-0.4, -0.2) is 49.9 Å². The van der Waals surface area contributed by atoms with Gasteiger partial charge in [0.15, 0.2) is 0 Å². The van der Waals surface area contributed by atoms with Crippen molar-refractivity contribution in [2.24, 2.45) is 0 Å². The zero-order valence-electron chi connectivity index (χ0n) is 7.79. The molecule has 3 unspecified atom stereocenters. The summed E-state index contributed by atoms with van der Waals surface area (Å²) in [7, 11) is 5.55. The molecular weight excluding hydrogens is 222 g/mol. The molecule has 1 aliphatic heterocycles. The standard InChI is InChI=1S/C8H16BrNO2/c1-10-5-6(9)7(11-2)4-8(10)12-3/h6-8H,4-5H2,1-3H3. The zero-order valence-corrected chi connectivity index (χ0v) is 9.37. The molecule has 0 amide bonds. The minimum atomic E-state index is 0.198. The monoisotopic (exact) mass is 237 g/mol. The van der Waals surface area contributed by atoms with E-state index in [9.17, 15) is 0 Å². The molecule has 3 atom stereocenters. The van der Waals surface area contributed by atoms with Crippen molar-refractivity contribution in [3.8, 4) is 0 Å². The van der Waals surface area contributed by atoms with Gasteiger partial charge in [-0.2, -0.15) is 0 Å². The second-order valence-electron chi connectivity index (χ2n) is 3.16. The highest BCUT2D eigenvalue weighted by molar-refractivity contribution is 9.09. The van der Waals surface area contributed by atoms with Gasteiger partial charge in [-0.05, 0) is 7.05 Å². The normalized spacial score (nSPS) is 38.5. The van der Waals surface area contributed by atoms with Crippen LogP contribution in [0.3, 0.4) is 0 Å². The predicted octanol–water partition coefficient (Wildman–Crippen LogP) is 1.07. The van der Waals surface area contributed by atoms with Gasteiger partial charge in [0.2, 0.25) is 0 Å². The summed E-state index contributed by atoms with van der Waals surface area (Å²) in [5.41, 5.74) is 0. The predicted molar refractivity (Wildman–Crippen MR) is 51.6 cm³/mol. The first kappa shape index (κ1) is 10.4. The number of nitrogens with zero attached hydrogens (tertiary/aromatic N) is 1. The van der Waals surface area contributed by atoms with E-state index in [1.807, 2.05) is 0 Å². The minimum absolute atomic E-state index is 0.198. The topological polar surface area (TPSA) is 21.7 Å². The Morgan fingerprint density at radius 3 is 2.50 bits per heavy atom. The van der Waals surface area contributed by atoms with Crippen molar-refractivity contribution in [2.75, 3.05) is 27.8 Å². The van der Waals surface area contributed by atoms with Gasteiger partial charge in [0.1, 0.15) is 6.23 Å². The molecular formula is C8H16BrNO2. The number of alkyl halides is 1. The third-order valence-electron chi connectivity index (χ3n) is 2.37. The van der Waals surface area contributed by atoms with E-state index < -0.39 is 0 Å². The highest BCUT2D eigenvalue weighted by Gasteiger charge is 2.32. The van der Waals surface area contributed by atoms with Crippen molar-refractivity contribution < 1.29 is 9.47 Å². The van der Waals surface area contributed by atoms with E-state index in [1.165, 1.54) is 0 Å². The molecule has 0 bridgehead atoms. The number of halogens is 1. The molecule has 0 radical (unpaired) electrons. The molecule has 1 heterocycles. The third-order valence-corrected chi connectivity index (χ3v) is 3.25. The number of hydrogen-bond donors (Lipinski definition) is 0. The Bertz CT molecular complexity index is 131. The lowest BCUT2D eigenvalue weighted by atomic mass is 10.1. The van der Waals surface area contributed by atoms with Crippen molar-refractivity contribution in [1.82, 2.24) is 4.90 Å². The molecule has 0 aromatic carbocycles. The van der Waals surface area contributed by atoms with Crippen LogP contribution >= 0.6 is 15.9 Å². The van der Waals surface area contributed by atoms with Crippen LogP contribution in [0.2, 0.25) is 0 Å². The van der Waals surface area contributed by atoms with Gasteiger partial charge in [0, 0.05) is 27.2 Å². The van der Waals surface area contributed by atoms with Crippen LogP contribution < -0.4 is 0 Å². The number of piperidine rings is 1. The van der Waals surface area contributed by atoms with Crippen molar-refractivity contribution >= 4 is 15.9 Å². The number of ether oxygens (including phenoxy) is 2. The van der Waals surface area contributed by atoms with Crippen LogP contribution in [0.15, 0.2) is 0 Å². The van der Waals surface area contributed by atoms with Crippen LogP contribution in [0.5, 0.6) is 0 Å². The SMILES string of the molecule is COC1CC(OC)N(C)CC1Br. The Hall–Kier alpha value is 0.360. The average Bonchev–Trinajstić information content (AvgIpc) is 2.05. The van der Waals surface area contributed by atoms with Gasteiger partial charge in [0.25, 0.3) is 0 Å². The Morgan fingerprint density at radius 2 is 2.00 bits per heavy atom. The van der Waals surface area contributed by atoms with Gasteiger partial charge in [-0.15, -0.1) is 0 Å². The summed E-state index contributed by atoms with van der Waals surface area (Å²) in [5.74, 6) is 0. The van der Waals surface area contributed by atoms with E-state index in [2.05, 4.69) is 27.9 Å². The molecule has 1 fully saturated rings. The second kappa shape index (κ2) is 4.56. The van der Waals surface area contributed by atoms with Crippen molar-refractivity contribution in [3.05, 3.63) is 0 Å². The molecule has 72 valence electrons. The van der Waals surface area contributed by atoms with Gasteiger partial charge in [0.05, 0.1) is 10.9 Å². The maximum absolute atomic E-state index is 5.33. The van der Waals surface area contributed by atoms with Crippen LogP contribution in [0.4, 0.5) is 0 Å². The largest absolute Gasteiger partial charge is 0.380 e. The summed E-state index contributed by atoms with van der Waals surface area (Å²) < 4.78 is 10.6. The summed E-state index contributed by atoms with van der Waals surface area (Å²) in [5, 5.41) is 0. The number of rotatable bonds is 2. The molecule has 0 spiro atoms. The number of hydrogen-bond acceptors (Lipinski definition) is 3. The molecule has 0 aliphatic carbocycles. The summed E-state index contributed by atoms with van der Waals surface area (Å²) in [6, 6.07) is 0. The lowest BCUT2D eigenvalue weighted by Gasteiger charge is -2.38. The van der Waals surface area contributed by atoms with Gasteiger partial charge in [-0.3, -0.25) is 4.90 Å². The smallest absolute Gasteiger partial charge is 0.112 e. The van der Waals surface area contributed by atoms with E-state index in [1.54, 1.807) is 14.2 Å². The zero-order chi connectivity index (χ0) is 9.14. The fraction of sp³-hybridized carbons (Fsp3) is 1.00. The maximum Gasteiger partial charge on any atom is 0.112 e. The first-order valence-corrected chi connectivity index (χ1v) is 5.00. The first-order valence-electron chi connectivity index (χ1n) is 4.09. The first-order chi connectivity index (χ1) is 5.69. The molecule has 0 aromatic heterocycles. The van der Waals surface area contributed by atoms with E-state index >= 15 is 0 Å². The van der Waals surface area contributed by atoms with E-state index in [0.717, 1.165) is 13.0 Å². The average molecular weight is 238 g/mol. The Kier molecular flexibility index (Phi) is 3.96. The van der Waals surface area contributed by atoms with Crippen molar-refractivity contribution in [2.45, 2.75) is 23.6 Å². The summed E-state index contributed by atoms with van der Waals surface area (Å²) in [4.78, 5) is 2.61. The quantitative estimate of drug-likeness (QED) is 0.672. The Morgan fingerprint density at radius 1 is 1.33 bits per heavy atom. The van der Waals surface area contributed by atoms with E-state index in [4.69, 9.17) is 9.47 Å². The number of methoxy groups -OCH3 is 2. The van der Waals surface area contributed by atoms with E-state index in [0.29, 0.717) is 4.83 Å². The third kappa shape index (κ3) is 2.19. The summed E-state index contributed by atoms with van der Waals surface area (Å²) in [6.07, 6.45) is 1.40. The fourth-order valence-electron chi connectivity index (χ4n) is 1.56. The molecule has 1 saturated heterocycles. The lowest BCUT2D eigenvalue weighted by Crippen LogP contribution is -2.49. The van der Waals surface area contributed by atoms with Crippen LogP contribution in [0.1, 0.15) is 6.42 Å². The molecule has 0 aromatic rings. The number of likely N-dealkylation sites (tertiary alicyclic amines) is 1. The fourth-order valence-corrected chi connectivity index (χ4v) is 2.45. The lowest BCUT2D eigenvalue weighted by molar-refractivity contribution is -0.0836. The molecule has 12 heavy (non-hydrogen) atoms. The second-order valence-corrected chi connectivity index (χ2v) is 4.33. The van der Waals surface area contributed by atoms with Crippen LogP contribution in [-0.2, 0) is 9.47 Å². The molecule has 1 aliphatic rings. The molecule has 0 saturated carbocycles. The maximum atomic E-state index is 5.33. The molecule has 3 nitrogen and oxygen atoms in total. The van der Waals surface area contributed by atoms with Gasteiger partial charge in [-0.25, -0.2) is 0 Å². The van der Waals surface area contributed by atoms with Gasteiger partial charge in [-0.1, -0.05) is 15.9 Å². The Labute approximate surface area is 82.1 Å². The molecule has 1 rings (SSSR count). The van der Waals surface area contributed by atoms with Crippen molar-refractivity contribution in [1.29, 1.82) is 0 Å². The highest BCUT2D eigenvalue weighted by atomic mass is 79.9.